The van der Waals surface area contributed by atoms with Gasteiger partial charge < -0.3 is 14.8 Å². The molecule has 1 heterocycles. The number of hydrogen-bond donors (Lipinski definition) is 1. The Labute approximate surface area is 103 Å². The number of nitrogens with one attached hydrogen (secondary N) is 1. The molecule has 1 aromatic heterocycles. The van der Waals surface area contributed by atoms with Crippen molar-refractivity contribution in [3.8, 4) is 0 Å². The highest BCUT2D eigenvalue weighted by atomic mass is 16.7. The number of pyridine rings is 1. The molecule has 0 fully saturated rings. The molecule has 0 aromatic carbocycles. The minimum atomic E-state index is -0.172. The van der Waals surface area contributed by atoms with Gasteiger partial charge in [-0.1, -0.05) is 0 Å². The molecule has 0 bridgehead atoms. The van der Waals surface area contributed by atoms with E-state index in [0.29, 0.717) is 19.8 Å². The largest absolute Gasteiger partial charge is 0.352 e. The fourth-order valence-corrected chi connectivity index (χ4v) is 1.58. The summed E-state index contributed by atoms with van der Waals surface area (Å²) in [5.41, 5.74) is 1.21. The van der Waals surface area contributed by atoms with Gasteiger partial charge in [0.1, 0.15) is 0 Å². The summed E-state index contributed by atoms with van der Waals surface area (Å²) in [6.45, 7) is 8.07. The van der Waals surface area contributed by atoms with Crippen LogP contribution in [-0.4, -0.2) is 31.0 Å². The molecular weight excluding hydrogens is 216 g/mol. The van der Waals surface area contributed by atoms with Crippen molar-refractivity contribution in [1.82, 2.24) is 10.3 Å². The maximum Gasteiger partial charge on any atom is 0.169 e. The smallest absolute Gasteiger partial charge is 0.169 e. The lowest BCUT2D eigenvalue weighted by Gasteiger charge is -2.20. The van der Waals surface area contributed by atoms with E-state index < -0.39 is 0 Å². The van der Waals surface area contributed by atoms with E-state index in [9.17, 15) is 0 Å². The Balaban J connectivity index is 2.38. The fourth-order valence-electron chi connectivity index (χ4n) is 1.58. The Hall–Kier alpha value is -0.970. The summed E-state index contributed by atoms with van der Waals surface area (Å²) in [6, 6.07) is 4.28. The Kier molecular flexibility index (Phi) is 6.77. The summed E-state index contributed by atoms with van der Waals surface area (Å²) in [6.07, 6.45) is 3.43. The van der Waals surface area contributed by atoms with E-state index >= 15 is 0 Å². The highest BCUT2D eigenvalue weighted by molar-refractivity contribution is 5.13. The molecule has 0 aliphatic carbocycles. The zero-order chi connectivity index (χ0) is 12.5. The quantitative estimate of drug-likeness (QED) is 0.705. The highest BCUT2D eigenvalue weighted by Crippen LogP contribution is 2.10. The first-order valence-corrected chi connectivity index (χ1v) is 6.14. The van der Waals surface area contributed by atoms with Crippen LogP contribution in [0.15, 0.2) is 24.5 Å². The summed E-state index contributed by atoms with van der Waals surface area (Å²) in [7, 11) is 0. The third-order valence-electron chi connectivity index (χ3n) is 2.50. The van der Waals surface area contributed by atoms with Gasteiger partial charge >= 0.3 is 0 Å². The zero-order valence-electron chi connectivity index (χ0n) is 10.8. The minimum Gasteiger partial charge on any atom is -0.352 e. The standard InChI is InChI=1S/C13H22N2O2/c1-4-16-13(17-5-2)10-15-11(3)12-6-8-14-9-7-12/h6-9,11,13,15H,4-5,10H2,1-3H3/t11-/m1/s1. The third-order valence-corrected chi connectivity index (χ3v) is 2.50. The van der Waals surface area contributed by atoms with Gasteiger partial charge in [-0.3, -0.25) is 4.98 Å². The second-order valence-corrected chi connectivity index (χ2v) is 3.75. The first-order valence-electron chi connectivity index (χ1n) is 6.14. The van der Waals surface area contributed by atoms with Crippen LogP contribution in [0.1, 0.15) is 32.4 Å². The van der Waals surface area contributed by atoms with Crippen molar-refractivity contribution < 1.29 is 9.47 Å². The van der Waals surface area contributed by atoms with Crippen LogP contribution in [0, 0.1) is 0 Å². The predicted molar refractivity (Wildman–Crippen MR) is 67.7 cm³/mol. The van der Waals surface area contributed by atoms with E-state index in [1.54, 1.807) is 12.4 Å². The van der Waals surface area contributed by atoms with Crippen LogP contribution >= 0.6 is 0 Å². The Morgan fingerprint density at radius 2 is 1.76 bits per heavy atom. The van der Waals surface area contributed by atoms with Crippen LogP contribution in [0.3, 0.4) is 0 Å². The van der Waals surface area contributed by atoms with E-state index in [1.807, 2.05) is 26.0 Å². The number of nitrogens with zero attached hydrogens (tertiary/aromatic N) is 1. The molecule has 1 N–H and O–H groups in total. The maximum absolute atomic E-state index is 5.47. The van der Waals surface area contributed by atoms with Gasteiger partial charge in [0.15, 0.2) is 6.29 Å². The van der Waals surface area contributed by atoms with Crippen molar-refractivity contribution in [3.05, 3.63) is 30.1 Å². The second-order valence-electron chi connectivity index (χ2n) is 3.75. The molecule has 0 radical (unpaired) electrons. The summed E-state index contributed by atoms with van der Waals surface area (Å²) < 4.78 is 10.9. The molecular formula is C13H22N2O2. The third kappa shape index (κ3) is 5.26. The van der Waals surface area contributed by atoms with Gasteiger partial charge in [-0.05, 0) is 38.5 Å². The molecule has 96 valence electrons. The fraction of sp³-hybridized carbons (Fsp3) is 0.615. The lowest BCUT2D eigenvalue weighted by molar-refractivity contribution is -0.133. The van der Waals surface area contributed by atoms with Crippen LogP contribution in [-0.2, 0) is 9.47 Å². The molecule has 0 aliphatic rings. The molecule has 4 nitrogen and oxygen atoms in total. The van der Waals surface area contributed by atoms with Crippen molar-refractivity contribution in [2.75, 3.05) is 19.8 Å². The molecule has 1 rings (SSSR count). The molecule has 0 aliphatic heterocycles. The number of ether oxygens (including phenoxy) is 2. The number of aromatic nitrogens is 1. The van der Waals surface area contributed by atoms with Gasteiger partial charge in [0, 0.05) is 38.2 Å². The molecule has 0 saturated carbocycles. The van der Waals surface area contributed by atoms with Gasteiger partial charge in [-0.25, -0.2) is 0 Å². The Morgan fingerprint density at radius 3 is 2.29 bits per heavy atom. The molecule has 1 aromatic rings. The number of rotatable bonds is 8. The van der Waals surface area contributed by atoms with Crippen molar-refractivity contribution in [2.24, 2.45) is 0 Å². The van der Waals surface area contributed by atoms with Crippen molar-refractivity contribution in [3.63, 3.8) is 0 Å². The van der Waals surface area contributed by atoms with Gasteiger partial charge in [0.05, 0.1) is 0 Å². The lowest BCUT2D eigenvalue weighted by atomic mass is 10.1. The van der Waals surface area contributed by atoms with Crippen molar-refractivity contribution >= 4 is 0 Å². The van der Waals surface area contributed by atoms with Crippen molar-refractivity contribution in [1.29, 1.82) is 0 Å². The highest BCUT2D eigenvalue weighted by Gasteiger charge is 2.10. The van der Waals surface area contributed by atoms with Gasteiger partial charge in [-0.2, -0.15) is 0 Å². The SMILES string of the molecule is CCOC(CN[C@H](C)c1ccncc1)OCC. The van der Waals surface area contributed by atoms with E-state index in [0.717, 1.165) is 0 Å². The molecule has 0 spiro atoms. The average molecular weight is 238 g/mol. The van der Waals surface area contributed by atoms with E-state index in [1.165, 1.54) is 5.56 Å². The van der Waals surface area contributed by atoms with E-state index in [-0.39, 0.29) is 12.3 Å². The minimum absolute atomic E-state index is 0.172. The molecule has 17 heavy (non-hydrogen) atoms. The maximum atomic E-state index is 5.47. The molecule has 0 saturated heterocycles. The average Bonchev–Trinajstić information content (AvgIpc) is 2.37. The summed E-state index contributed by atoms with van der Waals surface area (Å²) in [5, 5.41) is 3.39. The first kappa shape index (κ1) is 14.1. The number of hydrogen-bond acceptors (Lipinski definition) is 4. The van der Waals surface area contributed by atoms with Crippen LogP contribution in [0.25, 0.3) is 0 Å². The van der Waals surface area contributed by atoms with Crippen LogP contribution < -0.4 is 5.32 Å². The van der Waals surface area contributed by atoms with Crippen molar-refractivity contribution in [2.45, 2.75) is 33.1 Å². The molecule has 0 amide bonds. The Morgan fingerprint density at radius 1 is 1.18 bits per heavy atom. The zero-order valence-corrected chi connectivity index (χ0v) is 10.8. The molecule has 4 heteroatoms. The second kappa shape index (κ2) is 8.17. The summed E-state index contributed by atoms with van der Waals surface area (Å²) in [5.74, 6) is 0. The lowest BCUT2D eigenvalue weighted by Crippen LogP contribution is -2.33. The van der Waals surface area contributed by atoms with Crippen LogP contribution in [0.5, 0.6) is 0 Å². The Bertz CT molecular complexity index is 287. The summed E-state index contributed by atoms with van der Waals surface area (Å²) in [4.78, 5) is 4.00. The van der Waals surface area contributed by atoms with E-state index in [2.05, 4.69) is 17.2 Å². The summed E-state index contributed by atoms with van der Waals surface area (Å²) >= 11 is 0. The van der Waals surface area contributed by atoms with Gasteiger partial charge in [-0.15, -0.1) is 0 Å². The van der Waals surface area contributed by atoms with Crippen LogP contribution in [0.4, 0.5) is 0 Å². The topological polar surface area (TPSA) is 43.4 Å². The van der Waals surface area contributed by atoms with Gasteiger partial charge in [0.2, 0.25) is 0 Å². The van der Waals surface area contributed by atoms with Crippen LogP contribution in [0.2, 0.25) is 0 Å². The predicted octanol–water partition coefficient (Wildman–Crippen LogP) is 2.13. The monoisotopic (exact) mass is 238 g/mol. The van der Waals surface area contributed by atoms with Gasteiger partial charge in [0.25, 0.3) is 0 Å². The molecule has 0 unspecified atom stereocenters. The normalized spacial score (nSPS) is 12.9. The van der Waals surface area contributed by atoms with E-state index in [4.69, 9.17) is 9.47 Å². The first-order chi connectivity index (χ1) is 8.27. The molecule has 1 atom stereocenters.